The highest BCUT2D eigenvalue weighted by Crippen LogP contribution is 2.22. The quantitative estimate of drug-likeness (QED) is 0.620. The smallest absolute Gasteiger partial charge is 0.227 e. The number of nitrogens with zero attached hydrogens (tertiary/aromatic N) is 2. The van der Waals surface area contributed by atoms with Gasteiger partial charge < -0.3 is 15.0 Å². The number of para-hydroxylation sites is 1. The molecule has 1 saturated heterocycles. The number of likely N-dealkylation sites (tertiary alicyclic amines) is 1. The minimum atomic E-state index is 0.0539. The fourth-order valence-corrected chi connectivity index (χ4v) is 3.72. The molecule has 5 heteroatoms. The van der Waals surface area contributed by atoms with Crippen molar-refractivity contribution in [2.45, 2.75) is 19.3 Å². The number of pyridine rings is 1. The minimum absolute atomic E-state index is 0.0539. The lowest BCUT2D eigenvalue weighted by atomic mass is 9.95. The molecule has 30 heavy (non-hydrogen) atoms. The molecular formula is C25H27N3O2. The first-order valence-electron chi connectivity index (χ1n) is 10.5. The fraction of sp³-hybridized carbons (Fsp3) is 0.280. The molecular weight excluding hydrogens is 374 g/mol. The molecule has 0 atom stereocenters. The van der Waals surface area contributed by atoms with Crippen LogP contribution in [0.2, 0.25) is 0 Å². The lowest BCUT2D eigenvalue weighted by Crippen LogP contribution is -2.39. The van der Waals surface area contributed by atoms with Gasteiger partial charge in [-0.05, 0) is 56.1 Å². The van der Waals surface area contributed by atoms with E-state index >= 15 is 0 Å². The summed E-state index contributed by atoms with van der Waals surface area (Å²) in [4.78, 5) is 19.4. The first kappa shape index (κ1) is 20.1. The highest BCUT2D eigenvalue weighted by atomic mass is 16.5. The van der Waals surface area contributed by atoms with Crippen molar-refractivity contribution in [2.75, 3.05) is 25.0 Å². The summed E-state index contributed by atoms with van der Waals surface area (Å²) < 4.78 is 5.69. The van der Waals surface area contributed by atoms with Crippen molar-refractivity contribution < 1.29 is 9.53 Å². The van der Waals surface area contributed by atoms with Crippen LogP contribution < -0.4 is 10.1 Å². The van der Waals surface area contributed by atoms with Crippen LogP contribution in [0.4, 0.5) is 5.69 Å². The summed E-state index contributed by atoms with van der Waals surface area (Å²) in [6, 6.07) is 23.7. The second-order valence-corrected chi connectivity index (χ2v) is 7.64. The highest BCUT2D eigenvalue weighted by molar-refractivity contribution is 5.92. The summed E-state index contributed by atoms with van der Waals surface area (Å²) in [6.07, 6.45) is 4.48. The monoisotopic (exact) mass is 401 g/mol. The van der Waals surface area contributed by atoms with Gasteiger partial charge in [-0.1, -0.05) is 48.5 Å². The van der Waals surface area contributed by atoms with E-state index in [1.165, 1.54) is 5.56 Å². The van der Waals surface area contributed by atoms with E-state index in [9.17, 15) is 4.79 Å². The molecule has 154 valence electrons. The maximum Gasteiger partial charge on any atom is 0.227 e. The molecule has 0 radical (unpaired) electrons. The Bertz CT molecular complexity index is 922. The fourth-order valence-electron chi connectivity index (χ4n) is 3.72. The van der Waals surface area contributed by atoms with Gasteiger partial charge in [0.2, 0.25) is 11.8 Å². The van der Waals surface area contributed by atoms with Crippen molar-refractivity contribution in [3.8, 4) is 11.6 Å². The SMILES string of the molecule is O=C(Nc1ccc(Oc2ccccc2)nc1)C1CCN(CCc2ccccc2)CC1. The highest BCUT2D eigenvalue weighted by Gasteiger charge is 2.24. The van der Waals surface area contributed by atoms with Crippen LogP contribution in [0.3, 0.4) is 0 Å². The van der Waals surface area contributed by atoms with E-state index in [0.717, 1.165) is 44.6 Å². The van der Waals surface area contributed by atoms with E-state index in [2.05, 4.69) is 39.5 Å². The Balaban J connectivity index is 1.22. The normalized spacial score (nSPS) is 14.9. The third-order valence-corrected chi connectivity index (χ3v) is 5.49. The summed E-state index contributed by atoms with van der Waals surface area (Å²) in [5, 5.41) is 3.00. The molecule has 0 bridgehead atoms. The number of aromatic nitrogens is 1. The van der Waals surface area contributed by atoms with Crippen LogP contribution in [-0.4, -0.2) is 35.4 Å². The van der Waals surface area contributed by atoms with E-state index in [4.69, 9.17) is 4.74 Å². The molecule has 5 nitrogen and oxygen atoms in total. The van der Waals surface area contributed by atoms with Crippen molar-refractivity contribution in [2.24, 2.45) is 5.92 Å². The van der Waals surface area contributed by atoms with Gasteiger partial charge in [-0.15, -0.1) is 0 Å². The maximum absolute atomic E-state index is 12.6. The third-order valence-electron chi connectivity index (χ3n) is 5.49. The molecule has 0 aliphatic carbocycles. The van der Waals surface area contributed by atoms with Crippen LogP contribution in [0.15, 0.2) is 79.0 Å². The molecule has 4 rings (SSSR count). The Morgan fingerprint density at radius 1 is 0.967 bits per heavy atom. The molecule has 0 spiro atoms. The summed E-state index contributed by atoms with van der Waals surface area (Å²) in [7, 11) is 0. The van der Waals surface area contributed by atoms with Gasteiger partial charge in [0.05, 0.1) is 11.9 Å². The molecule has 2 heterocycles. The zero-order chi connectivity index (χ0) is 20.6. The first-order valence-corrected chi connectivity index (χ1v) is 10.5. The number of amides is 1. The molecule has 1 aromatic heterocycles. The van der Waals surface area contributed by atoms with E-state index in [-0.39, 0.29) is 11.8 Å². The number of hydrogen-bond donors (Lipinski definition) is 1. The molecule has 0 saturated carbocycles. The summed E-state index contributed by atoms with van der Waals surface area (Å²) in [5.41, 5.74) is 2.07. The van der Waals surface area contributed by atoms with Gasteiger partial charge in [-0.3, -0.25) is 4.79 Å². The predicted octanol–water partition coefficient (Wildman–Crippen LogP) is 4.77. The molecule has 1 amide bonds. The second-order valence-electron chi connectivity index (χ2n) is 7.64. The maximum atomic E-state index is 12.6. The molecule has 1 aliphatic rings. The van der Waals surface area contributed by atoms with E-state index in [1.807, 2.05) is 42.5 Å². The van der Waals surface area contributed by atoms with Crippen LogP contribution in [0.1, 0.15) is 18.4 Å². The number of benzene rings is 2. The number of nitrogens with one attached hydrogen (secondary N) is 1. The van der Waals surface area contributed by atoms with Gasteiger partial charge in [-0.2, -0.15) is 0 Å². The zero-order valence-electron chi connectivity index (χ0n) is 17.0. The van der Waals surface area contributed by atoms with Crippen LogP contribution in [0, 0.1) is 5.92 Å². The average Bonchev–Trinajstić information content (AvgIpc) is 2.81. The number of carbonyl (C=O) groups is 1. The molecule has 1 fully saturated rings. The van der Waals surface area contributed by atoms with Crippen LogP contribution in [0.25, 0.3) is 0 Å². The average molecular weight is 402 g/mol. The topological polar surface area (TPSA) is 54.5 Å². The van der Waals surface area contributed by atoms with Crippen molar-refractivity contribution in [1.29, 1.82) is 0 Å². The van der Waals surface area contributed by atoms with Gasteiger partial charge in [0, 0.05) is 18.5 Å². The van der Waals surface area contributed by atoms with Gasteiger partial charge in [0.1, 0.15) is 5.75 Å². The standard InChI is InChI=1S/C25H27N3O2/c29-25(21-14-17-28(18-15-21)16-13-20-7-3-1-4-8-20)27-22-11-12-24(26-19-22)30-23-9-5-2-6-10-23/h1-12,19,21H,13-18H2,(H,27,29). The van der Waals surface area contributed by atoms with E-state index in [1.54, 1.807) is 12.3 Å². The Morgan fingerprint density at radius 2 is 1.67 bits per heavy atom. The van der Waals surface area contributed by atoms with E-state index < -0.39 is 0 Å². The van der Waals surface area contributed by atoms with Gasteiger partial charge in [0.25, 0.3) is 0 Å². The largest absolute Gasteiger partial charge is 0.439 e. The molecule has 1 N–H and O–H groups in total. The second kappa shape index (κ2) is 10.0. The predicted molar refractivity (Wildman–Crippen MR) is 119 cm³/mol. The summed E-state index contributed by atoms with van der Waals surface area (Å²) >= 11 is 0. The molecule has 3 aromatic rings. The lowest BCUT2D eigenvalue weighted by molar-refractivity contribution is -0.121. The minimum Gasteiger partial charge on any atom is -0.439 e. The van der Waals surface area contributed by atoms with Crippen LogP contribution >= 0.6 is 0 Å². The Hall–Kier alpha value is -3.18. The Morgan fingerprint density at radius 3 is 2.33 bits per heavy atom. The summed E-state index contributed by atoms with van der Waals surface area (Å²) in [6.45, 7) is 2.98. The van der Waals surface area contributed by atoms with E-state index in [0.29, 0.717) is 11.6 Å². The van der Waals surface area contributed by atoms with Crippen molar-refractivity contribution >= 4 is 11.6 Å². The molecule has 0 unspecified atom stereocenters. The first-order chi connectivity index (χ1) is 14.8. The van der Waals surface area contributed by atoms with Crippen molar-refractivity contribution in [3.05, 3.63) is 84.6 Å². The Kier molecular flexibility index (Phi) is 6.72. The lowest BCUT2D eigenvalue weighted by Gasteiger charge is -2.31. The number of carbonyl (C=O) groups excluding carboxylic acids is 1. The van der Waals surface area contributed by atoms with Crippen LogP contribution in [0.5, 0.6) is 11.6 Å². The van der Waals surface area contributed by atoms with Crippen molar-refractivity contribution in [3.63, 3.8) is 0 Å². The third kappa shape index (κ3) is 5.67. The number of ether oxygens (including phenoxy) is 1. The van der Waals surface area contributed by atoms with Gasteiger partial charge in [0.15, 0.2) is 0 Å². The van der Waals surface area contributed by atoms with Gasteiger partial charge >= 0.3 is 0 Å². The Labute approximate surface area is 177 Å². The molecule has 1 aliphatic heterocycles. The number of anilines is 1. The number of piperidine rings is 1. The van der Waals surface area contributed by atoms with Crippen LogP contribution in [-0.2, 0) is 11.2 Å². The number of hydrogen-bond acceptors (Lipinski definition) is 4. The zero-order valence-corrected chi connectivity index (χ0v) is 17.0. The van der Waals surface area contributed by atoms with Crippen molar-refractivity contribution in [1.82, 2.24) is 9.88 Å². The molecule has 2 aromatic carbocycles. The summed E-state index contributed by atoms with van der Waals surface area (Å²) in [5.74, 6) is 1.38. The number of rotatable bonds is 7. The van der Waals surface area contributed by atoms with Gasteiger partial charge in [-0.25, -0.2) is 4.98 Å².